The van der Waals surface area contributed by atoms with Gasteiger partial charge in [0.05, 0.1) is 30.2 Å². The Morgan fingerprint density at radius 1 is 1.17 bits per heavy atom. The maximum absolute atomic E-state index is 12.1. The SMILES string of the molecule is COc1cccc(C2CC(C(=O)O)C3C(NNC3c3ccc([N+](=O)[O-])cc3)N2)c1. The summed E-state index contributed by atoms with van der Waals surface area (Å²) in [6.45, 7) is 0. The Bertz CT molecular complexity index is 919. The predicted molar refractivity (Wildman–Crippen MR) is 104 cm³/mol. The molecule has 0 aliphatic carbocycles. The van der Waals surface area contributed by atoms with E-state index in [1.54, 1.807) is 19.2 Å². The van der Waals surface area contributed by atoms with E-state index in [1.807, 2.05) is 24.3 Å². The third kappa shape index (κ3) is 3.67. The highest BCUT2D eigenvalue weighted by Crippen LogP contribution is 2.42. The Morgan fingerprint density at radius 2 is 1.93 bits per heavy atom. The summed E-state index contributed by atoms with van der Waals surface area (Å²) in [7, 11) is 1.60. The molecule has 152 valence electrons. The second-order valence-electron chi connectivity index (χ2n) is 7.35. The number of aliphatic carboxylic acids is 1. The number of nitrogens with one attached hydrogen (secondary N) is 3. The fourth-order valence-electron chi connectivity index (χ4n) is 4.34. The molecule has 0 spiro atoms. The molecule has 4 N–H and O–H groups in total. The summed E-state index contributed by atoms with van der Waals surface area (Å²) in [6, 6.07) is 13.4. The minimum absolute atomic E-state index is 0.00546. The van der Waals surface area contributed by atoms with Crippen LogP contribution in [0.25, 0.3) is 0 Å². The first-order valence-corrected chi connectivity index (χ1v) is 9.36. The lowest BCUT2D eigenvalue weighted by molar-refractivity contribution is -0.384. The van der Waals surface area contributed by atoms with Gasteiger partial charge >= 0.3 is 5.97 Å². The Hall–Kier alpha value is -3.01. The molecule has 5 unspecified atom stereocenters. The van der Waals surface area contributed by atoms with Crippen LogP contribution in [0.4, 0.5) is 5.69 Å². The molecule has 0 amide bonds. The molecular formula is C20H22N4O5. The zero-order valence-corrected chi connectivity index (χ0v) is 15.7. The number of fused-ring (bicyclic) bond motifs is 1. The average Bonchev–Trinajstić information content (AvgIpc) is 3.17. The van der Waals surface area contributed by atoms with Gasteiger partial charge < -0.3 is 9.84 Å². The van der Waals surface area contributed by atoms with Crippen molar-refractivity contribution in [3.05, 3.63) is 69.8 Å². The molecule has 2 aromatic rings. The zero-order chi connectivity index (χ0) is 20.5. The van der Waals surface area contributed by atoms with E-state index in [1.165, 1.54) is 12.1 Å². The van der Waals surface area contributed by atoms with Crippen molar-refractivity contribution < 1.29 is 19.6 Å². The number of hydrogen-bond acceptors (Lipinski definition) is 7. The Labute approximate surface area is 167 Å². The lowest BCUT2D eigenvalue weighted by Crippen LogP contribution is -2.53. The van der Waals surface area contributed by atoms with E-state index in [9.17, 15) is 20.0 Å². The Morgan fingerprint density at radius 3 is 2.59 bits per heavy atom. The molecule has 2 aliphatic heterocycles. The Kier molecular flexibility index (Phi) is 5.18. The first kappa shape index (κ1) is 19.3. The van der Waals surface area contributed by atoms with Crippen LogP contribution in [-0.4, -0.2) is 29.3 Å². The highest BCUT2D eigenvalue weighted by molar-refractivity contribution is 5.71. The molecule has 9 heteroatoms. The third-order valence-electron chi connectivity index (χ3n) is 5.78. The number of benzene rings is 2. The predicted octanol–water partition coefficient (Wildman–Crippen LogP) is 2.13. The number of hydrazine groups is 1. The van der Waals surface area contributed by atoms with Crippen LogP contribution in [0, 0.1) is 22.0 Å². The number of ether oxygens (including phenoxy) is 1. The van der Waals surface area contributed by atoms with Crippen molar-refractivity contribution >= 4 is 11.7 Å². The highest BCUT2D eigenvalue weighted by atomic mass is 16.6. The van der Waals surface area contributed by atoms with E-state index >= 15 is 0 Å². The lowest BCUT2D eigenvalue weighted by atomic mass is 9.75. The number of carboxylic acids is 1. The largest absolute Gasteiger partial charge is 0.497 e. The van der Waals surface area contributed by atoms with Gasteiger partial charge in [0.25, 0.3) is 5.69 Å². The number of methoxy groups -OCH3 is 1. The minimum atomic E-state index is -0.855. The van der Waals surface area contributed by atoms with E-state index in [0.717, 1.165) is 16.9 Å². The fraction of sp³-hybridized carbons (Fsp3) is 0.350. The van der Waals surface area contributed by atoms with Crippen LogP contribution in [0.3, 0.4) is 0 Å². The molecular weight excluding hydrogens is 376 g/mol. The molecule has 4 rings (SSSR count). The number of non-ortho nitro benzene ring substituents is 1. The number of nitro benzene ring substituents is 1. The molecule has 0 radical (unpaired) electrons. The van der Waals surface area contributed by atoms with Crippen molar-refractivity contribution in [1.29, 1.82) is 0 Å². The van der Waals surface area contributed by atoms with Crippen molar-refractivity contribution in [1.82, 2.24) is 16.2 Å². The summed E-state index contributed by atoms with van der Waals surface area (Å²) in [4.78, 5) is 22.6. The number of piperidine rings is 1. The number of carbonyl (C=O) groups is 1. The average molecular weight is 398 g/mol. The minimum Gasteiger partial charge on any atom is -0.497 e. The number of carboxylic acid groups (broad SMARTS) is 1. The van der Waals surface area contributed by atoms with Gasteiger partial charge in [-0.3, -0.25) is 20.2 Å². The van der Waals surface area contributed by atoms with Gasteiger partial charge in [0, 0.05) is 24.1 Å². The highest BCUT2D eigenvalue weighted by Gasteiger charge is 2.49. The normalized spacial score (nSPS) is 28.5. The summed E-state index contributed by atoms with van der Waals surface area (Å²) < 4.78 is 5.29. The topological polar surface area (TPSA) is 126 Å². The van der Waals surface area contributed by atoms with Crippen LogP contribution in [0.1, 0.15) is 29.6 Å². The number of nitro groups is 1. The van der Waals surface area contributed by atoms with Crippen molar-refractivity contribution in [3.8, 4) is 5.75 Å². The smallest absolute Gasteiger partial charge is 0.307 e. The van der Waals surface area contributed by atoms with E-state index in [4.69, 9.17) is 4.74 Å². The molecule has 2 saturated heterocycles. The van der Waals surface area contributed by atoms with Gasteiger partial charge in [0.1, 0.15) is 5.75 Å². The van der Waals surface area contributed by atoms with Gasteiger partial charge in [-0.05, 0) is 29.7 Å². The van der Waals surface area contributed by atoms with Gasteiger partial charge in [0.2, 0.25) is 0 Å². The molecule has 0 bridgehead atoms. The molecule has 2 heterocycles. The van der Waals surface area contributed by atoms with Gasteiger partial charge in [-0.2, -0.15) is 0 Å². The van der Waals surface area contributed by atoms with Gasteiger partial charge in [-0.25, -0.2) is 10.9 Å². The second-order valence-corrected chi connectivity index (χ2v) is 7.35. The number of nitrogens with zero attached hydrogens (tertiary/aromatic N) is 1. The Balaban J connectivity index is 1.60. The van der Waals surface area contributed by atoms with Crippen molar-refractivity contribution in [2.24, 2.45) is 11.8 Å². The summed E-state index contributed by atoms with van der Waals surface area (Å²) in [5, 5.41) is 24.3. The fourth-order valence-corrected chi connectivity index (χ4v) is 4.34. The first-order valence-electron chi connectivity index (χ1n) is 9.36. The first-order chi connectivity index (χ1) is 14.0. The molecule has 9 nitrogen and oxygen atoms in total. The van der Waals surface area contributed by atoms with Gasteiger partial charge in [-0.1, -0.05) is 24.3 Å². The quantitative estimate of drug-likeness (QED) is 0.446. The monoisotopic (exact) mass is 398 g/mol. The van der Waals surface area contributed by atoms with Crippen LogP contribution in [0.15, 0.2) is 48.5 Å². The second kappa shape index (κ2) is 7.78. The summed E-state index contributed by atoms with van der Waals surface area (Å²) in [6.07, 6.45) is 0.164. The lowest BCUT2D eigenvalue weighted by Gasteiger charge is -2.39. The standard InChI is InChI=1S/C20H22N4O5/c1-29-14-4-2-3-12(9-14)16-10-15(20(25)26)17-18(22-23-19(17)21-16)11-5-7-13(8-6-11)24(27)28/h2-9,15-19,21-23H,10H2,1H3,(H,25,26). The molecule has 0 saturated carbocycles. The van der Waals surface area contributed by atoms with E-state index in [0.29, 0.717) is 6.42 Å². The van der Waals surface area contributed by atoms with Crippen molar-refractivity contribution in [3.63, 3.8) is 0 Å². The van der Waals surface area contributed by atoms with Crippen LogP contribution in [0.2, 0.25) is 0 Å². The van der Waals surface area contributed by atoms with Crippen LogP contribution in [0.5, 0.6) is 5.75 Å². The van der Waals surface area contributed by atoms with Crippen LogP contribution >= 0.6 is 0 Å². The van der Waals surface area contributed by atoms with E-state index < -0.39 is 16.8 Å². The number of rotatable bonds is 5. The van der Waals surface area contributed by atoms with Crippen molar-refractivity contribution in [2.45, 2.75) is 24.7 Å². The van der Waals surface area contributed by atoms with Crippen LogP contribution < -0.4 is 20.9 Å². The molecule has 5 atom stereocenters. The molecule has 2 fully saturated rings. The van der Waals surface area contributed by atoms with Gasteiger partial charge in [-0.15, -0.1) is 0 Å². The number of hydrogen-bond donors (Lipinski definition) is 4. The van der Waals surface area contributed by atoms with Gasteiger partial charge in [0.15, 0.2) is 0 Å². The summed E-state index contributed by atoms with van der Waals surface area (Å²) >= 11 is 0. The molecule has 2 aromatic carbocycles. The maximum Gasteiger partial charge on any atom is 0.307 e. The van der Waals surface area contributed by atoms with Crippen molar-refractivity contribution in [2.75, 3.05) is 7.11 Å². The molecule has 0 aromatic heterocycles. The molecule has 2 aliphatic rings. The van der Waals surface area contributed by atoms with Crippen LogP contribution in [-0.2, 0) is 4.79 Å². The maximum atomic E-state index is 12.1. The third-order valence-corrected chi connectivity index (χ3v) is 5.78. The van der Waals surface area contributed by atoms with E-state index in [2.05, 4.69) is 16.2 Å². The van der Waals surface area contributed by atoms with E-state index in [-0.39, 0.29) is 29.9 Å². The summed E-state index contributed by atoms with van der Waals surface area (Å²) in [5.41, 5.74) is 8.12. The zero-order valence-electron chi connectivity index (χ0n) is 15.7. The molecule has 29 heavy (non-hydrogen) atoms. The summed E-state index contributed by atoms with van der Waals surface area (Å²) in [5.74, 6) is -0.984.